The van der Waals surface area contributed by atoms with Gasteiger partial charge in [-0.15, -0.1) is 9.05 Å². The fraction of sp³-hybridized carbons (Fsp3) is 0.750. The van der Waals surface area contributed by atoms with Crippen molar-refractivity contribution in [2.45, 2.75) is 13.8 Å². The molecule has 0 saturated carbocycles. The van der Waals surface area contributed by atoms with E-state index in [0.29, 0.717) is 11.4 Å². The first-order valence-corrected chi connectivity index (χ1v) is 5.56. The predicted molar refractivity (Wildman–Crippen MR) is 59.7 cm³/mol. The second-order valence-electron chi connectivity index (χ2n) is 2.79. The van der Waals surface area contributed by atoms with Gasteiger partial charge in [-0.05, 0) is 13.8 Å². The van der Waals surface area contributed by atoms with E-state index in [1.165, 1.54) is 14.2 Å². The van der Waals surface area contributed by atoms with Crippen molar-refractivity contribution in [2.75, 3.05) is 27.4 Å². The van der Waals surface area contributed by atoms with Gasteiger partial charge in [0.1, 0.15) is 27.4 Å². The molecule has 0 aromatic rings. The Balaban J connectivity index is 3.75. The van der Waals surface area contributed by atoms with Crippen molar-refractivity contribution < 1.29 is 23.3 Å². The molecule has 0 aliphatic carbocycles. The molecule has 0 spiro atoms. The number of nitrogens with zero attached hydrogens (tertiary/aromatic N) is 2. The second-order valence-corrected chi connectivity index (χ2v) is 3.75. The van der Waals surface area contributed by atoms with Crippen LogP contribution in [0.5, 0.6) is 0 Å². The molecule has 8 heteroatoms. The highest BCUT2D eigenvalue weighted by Crippen LogP contribution is 2.23. The lowest BCUT2D eigenvalue weighted by molar-refractivity contribution is 0.205. The van der Waals surface area contributed by atoms with Crippen LogP contribution in [-0.4, -0.2) is 38.9 Å². The molecular formula is C8H16N2O5P+. The van der Waals surface area contributed by atoms with Gasteiger partial charge in [-0.1, -0.05) is 10.3 Å². The summed E-state index contributed by atoms with van der Waals surface area (Å²) in [7, 11) is 0.653. The molecule has 0 radical (unpaired) electrons. The lowest BCUT2D eigenvalue weighted by Gasteiger charge is -1.94. The zero-order valence-electron chi connectivity index (χ0n) is 9.80. The summed E-state index contributed by atoms with van der Waals surface area (Å²) in [6.07, 6.45) is 0. The molecule has 92 valence electrons. The monoisotopic (exact) mass is 251 g/mol. The van der Waals surface area contributed by atoms with Gasteiger partial charge >= 0.3 is 8.25 Å². The molecule has 0 aliphatic heterocycles. The van der Waals surface area contributed by atoms with Crippen molar-refractivity contribution in [3.63, 3.8) is 0 Å². The molecule has 0 rings (SSSR count). The van der Waals surface area contributed by atoms with Crippen LogP contribution in [0.3, 0.4) is 0 Å². The van der Waals surface area contributed by atoms with Gasteiger partial charge in [0.25, 0.3) is 0 Å². The summed E-state index contributed by atoms with van der Waals surface area (Å²) in [6.45, 7) is 3.54. The van der Waals surface area contributed by atoms with Crippen molar-refractivity contribution >= 4 is 19.7 Å². The van der Waals surface area contributed by atoms with E-state index in [0.717, 1.165) is 0 Å². The molecule has 0 N–H and O–H groups in total. The summed E-state index contributed by atoms with van der Waals surface area (Å²) < 4.78 is 20.9. The third-order valence-electron chi connectivity index (χ3n) is 1.25. The van der Waals surface area contributed by atoms with E-state index in [1.807, 2.05) is 0 Å². The summed E-state index contributed by atoms with van der Waals surface area (Å²) in [5.41, 5.74) is 1.13. The van der Waals surface area contributed by atoms with E-state index >= 15 is 0 Å². The molecule has 0 amide bonds. The molecule has 16 heavy (non-hydrogen) atoms. The van der Waals surface area contributed by atoms with Crippen LogP contribution in [0.15, 0.2) is 10.3 Å². The smallest absolute Gasteiger partial charge is 0.399 e. The fourth-order valence-electron chi connectivity index (χ4n) is 0.694. The first kappa shape index (κ1) is 15.0. The van der Waals surface area contributed by atoms with Gasteiger partial charge in [-0.2, -0.15) is 0 Å². The lowest BCUT2D eigenvalue weighted by atomic mass is 10.5. The van der Waals surface area contributed by atoms with E-state index in [9.17, 15) is 4.57 Å². The maximum Gasteiger partial charge on any atom is 0.698 e. The first-order valence-electron chi connectivity index (χ1n) is 4.46. The van der Waals surface area contributed by atoms with E-state index < -0.39 is 8.25 Å². The number of rotatable bonds is 8. The highest BCUT2D eigenvalue weighted by molar-refractivity contribution is 7.33. The van der Waals surface area contributed by atoms with Crippen LogP contribution in [0.2, 0.25) is 0 Å². The molecule has 0 atom stereocenters. The highest BCUT2D eigenvalue weighted by atomic mass is 31.1. The quantitative estimate of drug-likeness (QED) is 0.373. The number of oxime groups is 2. The Morgan fingerprint density at radius 2 is 1.38 bits per heavy atom. The van der Waals surface area contributed by atoms with E-state index in [1.54, 1.807) is 13.8 Å². The molecule has 0 fully saturated rings. The van der Waals surface area contributed by atoms with E-state index in [-0.39, 0.29) is 13.2 Å². The Hall–Kier alpha value is -1.04. The van der Waals surface area contributed by atoms with Crippen LogP contribution in [0.4, 0.5) is 0 Å². The predicted octanol–water partition coefficient (Wildman–Crippen LogP) is 1.72. The van der Waals surface area contributed by atoms with Gasteiger partial charge in [0.05, 0.1) is 11.4 Å². The Bertz CT molecular complexity index is 254. The maximum atomic E-state index is 11.2. The molecule has 0 aromatic carbocycles. The zero-order chi connectivity index (χ0) is 12.4. The van der Waals surface area contributed by atoms with E-state index in [4.69, 9.17) is 9.05 Å². The first-order chi connectivity index (χ1) is 7.60. The number of hydrogen-bond donors (Lipinski definition) is 0. The summed E-state index contributed by atoms with van der Waals surface area (Å²) >= 11 is 0. The fourth-order valence-corrected chi connectivity index (χ4v) is 1.35. The normalized spacial score (nSPS) is 13.6. The third-order valence-corrected chi connectivity index (χ3v) is 1.93. The minimum atomic E-state index is -2.19. The second kappa shape index (κ2) is 9.21. The topological polar surface area (TPSA) is 78.7 Å². The SMILES string of the molecule is CO/N=C(\C)CO[P+](=O)OC/C(C)=N/OC. The summed E-state index contributed by atoms with van der Waals surface area (Å²) in [6, 6.07) is 0. The van der Waals surface area contributed by atoms with Crippen LogP contribution in [0, 0.1) is 0 Å². The van der Waals surface area contributed by atoms with Gasteiger partial charge in [-0.25, -0.2) is 0 Å². The van der Waals surface area contributed by atoms with Crippen molar-refractivity contribution in [3.8, 4) is 0 Å². The maximum absolute atomic E-state index is 11.2. The van der Waals surface area contributed by atoms with Crippen LogP contribution < -0.4 is 0 Å². The molecule has 0 heterocycles. The van der Waals surface area contributed by atoms with Crippen molar-refractivity contribution in [3.05, 3.63) is 0 Å². The average molecular weight is 251 g/mol. The highest BCUT2D eigenvalue weighted by Gasteiger charge is 2.21. The minimum absolute atomic E-state index is 0.0868. The summed E-state index contributed by atoms with van der Waals surface area (Å²) in [4.78, 5) is 9.01. The van der Waals surface area contributed by atoms with Crippen molar-refractivity contribution in [1.29, 1.82) is 0 Å². The Morgan fingerprint density at radius 3 is 1.69 bits per heavy atom. The standard InChI is InChI=1S/C8H16N2O5P/c1-7(9-12-3)5-14-16(11)15-6-8(2)10-13-4/h5-6H2,1-4H3/q+1/b9-7+,10-8+. The molecular weight excluding hydrogens is 235 g/mol. The Morgan fingerprint density at radius 1 is 1.00 bits per heavy atom. The summed E-state index contributed by atoms with van der Waals surface area (Å²) in [5.74, 6) is 0. The van der Waals surface area contributed by atoms with Crippen LogP contribution in [0.1, 0.15) is 13.8 Å². The van der Waals surface area contributed by atoms with Gasteiger partial charge in [0.15, 0.2) is 0 Å². The molecule has 0 unspecified atom stereocenters. The van der Waals surface area contributed by atoms with Gasteiger partial charge in [0.2, 0.25) is 0 Å². The van der Waals surface area contributed by atoms with Crippen LogP contribution >= 0.6 is 8.25 Å². The van der Waals surface area contributed by atoms with Gasteiger partial charge < -0.3 is 9.68 Å². The Labute approximate surface area is 95.3 Å². The molecule has 0 aliphatic rings. The summed E-state index contributed by atoms with van der Waals surface area (Å²) in [5, 5.41) is 7.17. The minimum Gasteiger partial charge on any atom is -0.399 e. The van der Waals surface area contributed by atoms with Crippen LogP contribution in [0.25, 0.3) is 0 Å². The largest absolute Gasteiger partial charge is 0.698 e. The zero-order valence-corrected chi connectivity index (χ0v) is 10.7. The van der Waals surface area contributed by atoms with Gasteiger partial charge in [0, 0.05) is 4.57 Å². The number of hydrogen-bond acceptors (Lipinski definition) is 7. The Kier molecular flexibility index (Phi) is 8.61. The third kappa shape index (κ3) is 8.28. The van der Waals surface area contributed by atoms with E-state index in [2.05, 4.69) is 20.0 Å². The van der Waals surface area contributed by atoms with Gasteiger partial charge in [-0.3, -0.25) is 0 Å². The van der Waals surface area contributed by atoms with Crippen molar-refractivity contribution in [2.24, 2.45) is 10.3 Å². The van der Waals surface area contributed by atoms with Crippen LogP contribution in [-0.2, 0) is 23.3 Å². The molecule has 0 aromatic heterocycles. The van der Waals surface area contributed by atoms with Crippen molar-refractivity contribution in [1.82, 2.24) is 0 Å². The molecule has 0 bridgehead atoms. The lowest BCUT2D eigenvalue weighted by Crippen LogP contribution is -2.04. The average Bonchev–Trinajstić information content (AvgIpc) is 2.24. The molecule has 7 nitrogen and oxygen atoms in total. The molecule has 0 saturated heterocycles.